The fraction of sp³-hybridized carbons (Fsp3) is 0.471. The molecule has 6 heteroatoms. The summed E-state index contributed by atoms with van der Waals surface area (Å²) in [6.45, 7) is 11.2. The van der Waals surface area contributed by atoms with E-state index in [4.69, 9.17) is 5.26 Å². The summed E-state index contributed by atoms with van der Waals surface area (Å²) >= 11 is 0. The topological polar surface area (TPSA) is 71.8 Å². The van der Waals surface area contributed by atoms with Crippen LogP contribution in [-0.4, -0.2) is 45.5 Å². The minimum absolute atomic E-state index is 0.375. The van der Waals surface area contributed by atoms with E-state index in [2.05, 4.69) is 51.2 Å². The summed E-state index contributed by atoms with van der Waals surface area (Å²) < 4.78 is 0. The number of likely N-dealkylation sites (tertiary alicyclic amines) is 1. The number of fused-ring (bicyclic) bond motifs is 1. The molecule has 3 rings (SSSR count). The third-order valence-corrected chi connectivity index (χ3v) is 4.65. The van der Waals surface area contributed by atoms with Gasteiger partial charge in [-0.3, -0.25) is 0 Å². The van der Waals surface area contributed by atoms with E-state index in [1.165, 1.54) is 0 Å². The van der Waals surface area contributed by atoms with Crippen molar-refractivity contribution in [1.82, 2.24) is 19.9 Å². The average Bonchev–Trinajstić information content (AvgIpc) is 3.02. The monoisotopic (exact) mass is 310 g/mol. The van der Waals surface area contributed by atoms with Gasteiger partial charge in [0.1, 0.15) is 17.8 Å². The number of allylic oxidation sites excluding steroid dienone is 1. The number of hydrogen-bond acceptors (Lipinski definition) is 5. The van der Waals surface area contributed by atoms with Gasteiger partial charge in [-0.2, -0.15) is 5.26 Å². The molecule has 120 valence electrons. The highest BCUT2D eigenvalue weighted by molar-refractivity contribution is 5.87. The highest BCUT2D eigenvalue weighted by Gasteiger charge is 2.37. The fourth-order valence-electron chi connectivity index (χ4n) is 3.27. The maximum atomic E-state index is 8.89. The van der Waals surface area contributed by atoms with Crippen molar-refractivity contribution in [3.05, 3.63) is 30.9 Å². The van der Waals surface area contributed by atoms with E-state index >= 15 is 0 Å². The largest absolute Gasteiger partial charge is 0.369 e. The number of aromatic amines is 1. The Labute approximate surface area is 136 Å². The summed E-state index contributed by atoms with van der Waals surface area (Å²) in [5, 5.41) is 9.93. The van der Waals surface area contributed by atoms with Crippen molar-refractivity contribution in [3.63, 3.8) is 0 Å². The molecule has 6 nitrogen and oxygen atoms in total. The van der Waals surface area contributed by atoms with Gasteiger partial charge in [-0.1, -0.05) is 13.5 Å². The van der Waals surface area contributed by atoms with Gasteiger partial charge in [0, 0.05) is 31.5 Å². The van der Waals surface area contributed by atoms with Crippen molar-refractivity contribution in [3.8, 4) is 6.07 Å². The van der Waals surface area contributed by atoms with Crippen LogP contribution in [-0.2, 0) is 0 Å². The smallest absolute Gasteiger partial charge is 0.142 e. The first-order chi connectivity index (χ1) is 11.2. The maximum absolute atomic E-state index is 8.89. The van der Waals surface area contributed by atoms with Crippen LogP contribution in [0.15, 0.2) is 30.9 Å². The zero-order chi connectivity index (χ0) is 16.4. The molecule has 2 aromatic heterocycles. The third kappa shape index (κ3) is 2.74. The van der Waals surface area contributed by atoms with Crippen molar-refractivity contribution in [2.45, 2.75) is 26.3 Å². The van der Waals surface area contributed by atoms with E-state index in [0.29, 0.717) is 18.4 Å². The molecule has 0 aliphatic carbocycles. The molecule has 0 bridgehead atoms. The number of nitrogens with one attached hydrogen (secondary N) is 1. The van der Waals surface area contributed by atoms with E-state index in [1.807, 2.05) is 12.3 Å². The summed E-state index contributed by atoms with van der Waals surface area (Å²) in [5.74, 6) is 1.55. The zero-order valence-electron chi connectivity index (χ0n) is 13.7. The number of anilines is 1. The molecular formula is C17H22N6. The van der Waals surface area contributed by atoms with Crippen molar-refractivity contribution in [2.75, 3.05) is 24.5 Å². The van der Waals surface area contributed by atoms with Gasteiger partial charge in [-0.05, 0) is 18.9 Å². The quantitative estimate of drug-likeness (QED) is 0.887. The lowest BCUT2D eigenvalue weighted by molar-refractivity contribution is 0.0656. The summed E-state index contributed by atoms with van der Waals surface area (Å²) in [5.41, 5.74) is 1.78. The average molecular weight is 310 g/mol. The molecule has 2 aromatic rings. The van der Waals surface area contributed by atoms with Crippen LogP contribution in [0.3, 0.4) is 0 Å². The summed E-state index contributed by atoms with van der Waals surface area (Å²) in [4.78, 5) is 16.4. The normalized spacial score (nSPS) is 20.1. The molecule has 0 spiro atoms. The van der Waals surface area contributed by atoms with Crippen molar-refractivity contribution in [1.29, 1.82) is 5.26 Å². The van der Waals surface area contributed by atoms with Gasteiger partial charge in [-0.25, -0.2) is 9.97 Å². The lowest BCUT2D eigenvalue weighted by Crippen LogP contribution is -2.58. The van der Waals surface area contributed by atoms with Crippen molar-refractivity contribution < 1.29 is 0 Å². The SMILES string of the molecule is C=C(CC#N)N1C[C@H](C)C1CN(CC)c1ncnc2[nH]ccc12. The Morgan fingerprint density at radius 2 is 2.39 bits per heavy atom. The molecule has 1 saturated heterocycles. The third-order valence-electron chi connectivity index (χ3n) is 4.65. The second kappa shape index (κ2) is 6.29. The molecule has 1 aliphatic heterocycles. The number of aromatic nitrogens is 3. The van der Waals surface area contributed by atoms with Gasteiger partial charge in [0.15, 0.2) is 0 Å². The van der Waals surface area contributed by atoms with Crippen LogP contribution in [0.2, 0.25) is 0 Å². The van der Waals surface area contributed by atoms with E-state index < -0.39 is 0 Å². The number of rotatable bonds is 6. The van der Waals surface area contributed by atoms with E-state index in [9.17, 15) is 0 Å². The van der Waals surface area contributed by atoms with Gasteiger partial charge in [0.2, 0.25) is 0 Å². The Hall–Kier alpha value is -2.55. The number of likely N-dealkylation sites (N-methyl/N-ethyl adjacent to an activating group) is 1. The standard InChI is InChI=1S/C17H22N6/c1-4-22(17-14-6-8-19-16(14)20-11-21-17)10-15-12(2)9-23(15)13(3)5-7-18/h6,8,11-12,15H,3-5,9-10H2,1-2H3,(H,19,20,21)/t12-,15?/m0/s1. The summed E-state index contributed by atoms with van der Waals surface area (Å²) in [6, 6.07) is 4.58. The number of hydrogen-bond donors (Lipinski definition) is 1. The molecular weight excluding hydrogens is 288 g/mol. The van der Waals surface area contributed by atoms with E-state index in [1.54, 1.807) is 6.33 Å². The summed E-state index contributed by atoms with van der Waals surface area (Å²) in [7, 11) is 0. The van der Waals surface area contributed by atoms with Crippen LogP contribution in [0, 0.1) is 17.2 Å². The predicted molar refractivity (Wildman–Crippen MR) is 90.8 cm³/mol. The Balaban J connectivity index is 1.81. The molecule has 1 aliphatic rings. The van der Waals surface area contributed by atoms with Crippen LogP contribution < -0.4 is 4.90 Å². The Kier molecular flexibility index (Phi) is 4.20. The highest BCUT2D eigenvalue weighted by atomic mass is 15.3. The molecule has 1 unspecified atom stereocenters. The summed E-state index contributed by atoms with van der Waals surface area (Å²) in [6.07, 6.45) is 3.89. The Bertz CT molecular complexity index is 743. The number of nitriles is 1. The van der Waals surface area contributed by atoms with Crippen molar-refractivity contribution in [2.24, 2.45) is 5.92 Å². The van der Waals surface area contributed by atoms with Crippen LogP contribution in [0.4, 0.5) is 5.82 Å². The maximum Gasteiger partial charge on any atom is 0.142 e. The predicted octanol–water partition coefficient (Wildman–Crippen LogP) is 2.53. The fourth-order valence-corrected chi connectivity index (χ4v) is 3.27. The minimum Gasteiger partial charge on any atom is -0.369 e. The molecule has 0 radical (unpaired) electrons. The highest BCUT2D eigenvalue weighted by Crippen LogP contribution is 2.31. The number of H-pyrrole nitrogens is 1. The molecule has 2 atom stereocenters. The lowest BCUT2D eigenvalue weighted by atomic mass is 9.88. The number of nitrogens with zero attached hydrogens (tertiary/aromatic N) is 5. The first-order valence-electron chi connectivity index (χ1n) is 8.00. The van der Waals surface area contributed by atoms with Gasteiger partial charge < -0.3 is 14.8 Å². The van der Waals surface area contributed by atoms with Crippen LogP contribution in [0.1, 0.15) is 20.3 Å². The van der Waals surface area contributed by atoms with Crippen molar-refractivity contribution >= 4 is 16.9 Å². The first-order valence-corrected chi connectivity index (χ1v) is 8.00. The lowest BCUT2D eigenvalue weighted by Gasteiger charge is -2.50. The molecule has 1 N–H and O–H groups in total. The molecule has 3 heterocycles. The van der Waals surface area contributed by atoms with Gasteiger partial charge in [0.25, 0.3) is 0 Å². The second-order valence-electron chi connectivity index (χ2n) is 6.07. The molecule has 0 aromatic carbocycles. The van der Waals surface area contributed by atoms with E-state index in [0.717, 1.165) is 42.2 Å². The van der Waals surface area contributed by atoms with Crippen LogP contribution in [0.25, 0.3) is 11.0 Å². The van der Waals surface area contributed by atoms with Gasteiger partial charge in [0.05, 0.1) is 23.9 Å². The minimum atomic E-state index is 0.375. The Morgan fingerprint density at radius 3 is 3.09 bits per heavy atom. The van der Waals surface area contributed by atoms with Crippen LogP contribution >= 0.6 is 0 Å². The first kappa shape index (κ1) is 15.3. The van der Waals surface area contributed by atoms with Gasteiger partial charge >= 0.3 is 0 Å². The Morgan fingerprint density at radius 1 is 1.57 bits per heavy atom. The molecule has 23 heavy (non-hydrogen) atoms. The van der Waals surface area contributed by atoms with Crippen LogP contribution in [0.5, 0.6) is 0 Å². The molecule has 0 amide bonds. The van der Waals surface area contributed by atoms with E-state index in [-0.39, 0.29) is 0 Å². The molecule has 0 saturated carbocycles. The second-order valence-corrected chi connectivity index (χ2v) is 6.07. The van der Waals surface area contributed by atoms with Gasteiger partial charge in [-0.15, -0.1) is 0 Å². The molecule has 1 fully saturated rings. The zero-order valence-corrected chi connectivity index (χ0v) is 13.7.